The van der Waals surface area contributed by atoms with Gasteiger partial charge >= 0.3 is 0 Å². The third-order valence-electron chi connectivity index (χ3n) is 2.40. The average molecular weight is 219 g/mol. The van der Waals surface area contributed by atoms with E-state index in [2.05, 4.69) is 20.4 Å². The first-order chi connectivity index (χ1) is 7.63. The molecule has 0 saturated carbocycles. The summed E-state index contributed by atoms with van der Waals surface area (Å²) in [5, 5.41) is 0. The van der Waals surface area contributed by atoms with Crippen molar-refractivity contribution in [3.63, 3.8) is 0 Å². The normalized spacial score (nSPS) is 10.4. The van der Waals surface area contributed by atoms with Gasteiger partial charge in [-0.3, -0.25) is 0 Å². The molecule has 0 spiro atoms. The van der Waals surface area contributed by atoms with Crippen LogP contribution in [0.25, 0.3) is 0 Å². The molecule has 0 atom stereocenters. The van der Waals surface area contributed by atoms with Gasteiger partial charge in [0.2, 0.25) is 0 Å². The van der Waals surface area contributed by atoms with Gasteiger partial charge in [0, 0.05) is 5.69 Å². The summed E-state index contributed by atoms with van der Waals surface area (Å²) in [7, 11) is 0. The van der Waals surface area contributed by atoms with E-state index >= 15 is 0 Å². The Morgan fingerprint density at radius 1 is 1.44 bits per heavy atom. The maximum absolute atomic E-state index is 5.75. The largest absolute Gasteiger partial charge is 0.493 e. The minimum absolute atomic E-state index is 0.664. The van der Waals surface area contributed by atoms with Crippen molar-refractivity contribution < 1.29 is 4.74 Å². The van der Waals surface area contributed by atoms with Gasteiger partial charge in [-0.05, 0) is 42.5 Å². The first-order valence-electron chi connectivity index (χ1n) is 5.75. The van der Waals surface area contributed by atoms with Crippen LogP contribution in [0, 0.1) is 5.92 Å². The Balaban J connectivity index is 2.66. The summed E-state index contributed by atoms with van der Waals surface area (Å²) in [6.07, 6.45) is 3.73. The van der Waals surface area contributed by atoms with E-state index in [0.717, 1.165) is 36.4 Å². The van der Waals surface area contributed by atoms with Crippen LogP contribution in [0.4, 0.5) is 5.69 Å². The van der Waals surface area contributed by atoms with Gasteiger partial charge in [-0.25, -0.2) is 0 Å². The Bertz CT molecular complexity index is 345. The van der Waals surface area contributed by atoms with E-state index in [9.17, 15) is 0 Å². The number of hydrogen-bond acceptors (Lipinski definition) is 2. The van der Waals surface area contributed by atoms with Crippen LogP contribution in [-0.4, -0.2) is 6.61 Å². The van der Waals surface area contributed by atoms with Crippen molar-refractivity contribution in [1.29, 1.82) is 0 Å². The molecule has 0 bridgehead atoms. The maximum Gasteiger partial charge on any atom is 0.122 e. The minimum atomic E-state index is 0.664. The molecule has 0 unspecified atom stereocenters. The standard InChI is InChI=1S/C14H21NO/c1-4-5-12-10-13(15)6-7-14(12)16-9-8-11(2)3/h4,6-7,10-11H,1,5,8-9,15H2,2-3H3. The Kier molecular flexibility index (Phi) is 4.90. The molecule has 0 aliphatic carbocycles. The van der Waals surface area contributed by atoms with Gasteiger partial charge in [0.1, 0.15) is 5.75 Å². The number of anilines is 1. The molecule has 0 aliphatic rings. The quantitative estimate of drug-likeness (QED) is 0.587. The second-order valence-corrected chi connectivity index (χ2v) is 4.39. The lowest BCUT2D eigenvalue weighted by molar-refractivity contribution is 0.287. The van der Waals surface area contributed by atoms with Crippen LogP contribution in [-0.2, 0) is 6.42 Å². The number of nitrogens with two attached hydrogens (primary N) is 1. The van der Waals surface area contributed by atoms with Crippen molar-refractivity contribution in [2.45, 2.75) is 26.7 Å². The third kappa shape index (κ3) is 3.97. The fourth-order valence-electron chi connectivity index (χ4n) is 1.46. The van der Waals surface area contributed by atoms with Gasteiger partial charge in [0.05, 0.1) is 6.61 Å². The molecule has 1 aromatic carbocycles. The van der Waals surface area contributed by atoms with Crippen LogP contribution >= 0.6 is 0 Å². The van der Waals surface area contributed by atoms with Gasteiger partial charge in [-0.15, -0.1) is 6.58 Å². The lowest BCUT2D eigenvalue weighted by atomic mass is 10.1. The predicted molar refractivity (Wildman–Crippen MR) is 69.7 cm³/mol. The first-order valence-corrected chi connectivity index (χ1v) is 5.75. The van der Waals surface area contributed by atoms with E-state index in [0.29, 0.717) is 5.92 Å². The molecule has 0 aromatic heterocycles. The lowest BCUT2D eigenvalue weighted by Gasteiger charge is -2.12. The Hall–Kier alpha value is -1.44. The summed E-state index contributed by atoms with van der Waals surface area (Å²) in [5.41, 5.74) is 7.63. The zero-order valence-electron chi connectivity index (χ0n) is 10.2. The monoisotopic (exact) mass is 219 g/mol. The summed E-state index contributed by atoms with van der Waals surface area (Å²) in [6, 6.07) is 5.76. The van der Waals surface area contributed by atoms with E-state index in [1.807, 2.05) is 24.3 Å². The van der Waals surface area contributed by atoms with Gasteiger partial charge in [-0.1, -0.05) is 19.9 Å². The number of nitrogen functional groups attached to an aromatic ring is 1. The highest BCUT2D eigenvalue weighted by Gasteiger charge is 2.03. The second-order valence-electron chi connectivity index (χ2n) is 4.39. The molecule has 0 saturated heterocycles. The Morgan fingerprint density at radius 2 is 2.19 bits per heavy atom. The molecular formula is C14H21NO. The maximum atomic E-state index is 5.75. The van der Waals surface area contributed by atoms with Crippen LogP contribution in [0.2, 0.25) is 0 Å². The van der Waals surface area contributed by atoms with E-state index in [-0.39, 0.29) is 0 Å². The highest BCUT2D eigenvalue weighted by atomic mass is 16.5. The van der Waals surface area contributed by atoms with E-state index in [1.54, 1.807) is 0 Å². The summed E-state index contributed by atoms with van der Waals surface area (Å²) < 4.78 is 5.75. The molecule has 0 aliphatic heterocycles. The van der Waals surface area contributed by atoms with Crippen molar-refractivity contribution in [1.82, 2.24) is 0 Å². The van der Waals surface area contributed by atoms with Gasteiger partial charge in [-0.2, -0.15) is 0 Å². The van der Waals surface area contributed by atoms with Gasteiger partial charge in [0.15, 0.2) is 0 Å². The van der Waals surface area contributed by atoms with E-state index < -0.39 is 0 Å². The van der Waals surface area contributed by atoms with E-state index in [1.165, 1.54) is 0 Å². The lowest BCUT2D eigenvalue weighted by Crippen LogP contribution is -2.03. The SMILES string of the molecule is C=CCc1cc(N)ccc1OCCC(C)C. The summed E-state index contributed by atoms with van der Waals surface area (Å²) >= 11 is 0. The van der Waals surface area contributed by atoms with Crippen LogP contribution in [0.3, 0.4) is 0 Å². The Labute approximate surface area is 98.1 Å². The average Bonchev–Trinajstić information content (AvgIpc) is 2.21. The molecule has 0 fully saturated rings. The second kappa shape index (κ2) is 6.21. The van der Waals surface area contributed by atoms with E-state index in [4.69, 9.17) is 10.5 Å². The molecule has 0 heterocycles. The van der Waals surface area contributed by atoms with Crippen molar-refractivity contribution in [3.05, 3.63) is 36.4 Å². The zero-order valence-corrected chi connectivity index (χ0v) is 10.2. The highest BCUT2D eigenvalue weighted by Crippen LogP contribution is 2.22. The number of benzene rings is 1. The topological polar surface area (TPSA) is 35.2 Å². The number of allylic oxidation sites excluding steroid dienone is 1. The van der Waals surface area contributed by atoms with Crippen molar-refractivity contribution in [2.75, 3.05) is 12.3 Å². The fourth-order valence-corrected chi connectivity index (χ4v) is 1.46. The minimum Gasteiger partial charge on any atom is -0.493 e. The third-order valence-corrected chi connectivity index (χ3v) is 2.40. The van der Waals surface area contributed by atoms with Crippen LogP contribution < -0.4 is 10.5 Å². The van der Waals surface area contributed by atoms with Crippen molar-refractivity contribution >= 4 is 5.69 Å². The van der Waals surface area contributed by atoms with Gasteiger partial charge < -0.3 is 10.5 Å². The molecule has 2 N–H and O–H groups in total. The summed E-state index contributed by atoms with van der Waals surface area (Å²) in [6.45, 7) is 8.88. The number of rotatable bonds is 6. The molecule has 1 rings (SSSR count). The summed E-state index contributed by atoms with van der Waals surface area (Å²) in [5.74, 6) is 1.59. The first kappa shape index (κ1) is 12.6. The molecule has 16 heavy (non-hydrogen) atoms. The number of hydrogen-bond donors (Lipinski definition) is 1. The zero-order chi connectivity index (χ0) is 12.0. The molecule has 1 aromatic rings. The fraction of sp³-hybridized carbons (Fsp3) is 0.429. The van der Waals surface area contributed by atoms with Crippen LogP contribution in [0.15, 0.2) is 30.9 Å². The summed E-state index contributed by atoms with van der Waals surface area (Å²) in [4.78, 5) is 0. The molecule has 88 valence electrons. The van der Waals surface area contributed by atoms with Gasteiger partial charge in [0.25, 0.3) is 0 Å². The predicted octanol–water partition coefficient (Wildman–Crippen LogP) is 3.42. The highest BCUT2D eigenvalue weighted by molar-refractivity contribution is 5.48. The molecule has 2 nitrogen and oxygen atoms in total. The van der Waals surface area contributed by atoms with Crippen LogP contribution in [0.5, 0.6) is 5.75 Å². The molecule has 0 amide bonds. The van der Waals surface area contributed by atoms with Crippen LogP contribution in [0.1, 0.15) is 25.8 Å². The smallest absolute Gasteiger partial charge is 0.122 e. The molecule has 0 radical (unpaired) electrons. The van der Waals surface area contributed by atoms with Crippen molar-refractivity contribution in [3.8, 4) is 5.75 Å². The molecular weight excluding hydrogens is 198 g/mol. The number of ether oxygens (including phenoxy) is 1. The van der Waals surface area contributed by atoms with Crippen molar-refractivity contribution in [2.24, 2.45) is 5.92 Å². The Morgan fingerprint density at radius 3 is 2.81 bits per heavy atom. The molecule has 2 heteroatoms.